The number of H-pyrrole nitrogens is 1. The van der Waals surface area contributed by atoms with Crippen molar-refractivity contribution in [2.45, 2.75) is 19.9 Å². The number of primary amides is 1. The van der Waals surface area contributed by atoms with E-state index in [4.69, 9.17) is 10.7 Å². The average molecular weight is 415 g/mol. The van der Waals surface area contributed by atoms with Crippen LogP contribution in [-0.2, 0) is 0 Å². The van der Waals surface area contributed by atoms with Crippen molar-refractivity contribution >= 4 is 17.6 Å². The van der Waals surface area contributed by atoms with E-state index in [1.807, 2.05) is 18.4 Å². The first kappa shape index (κ1) is 20.0. The highest BCUT2D eigenvalue weighted by Gasteiger charge is 2.21. The quantitative estimate of drug-likeness (QED) is 0.445. The summed E-state index contributed by atoms with van der Waals surface area (Å²) in [6.45, 7) is 4.03. The third kappa shape index (κ3) is 3.93. The standard InChI is InChI=1S/C22H21N7O2/c1-13(2)29-12-25-28-21(29)17-9-4-8-16(26-17)19-14(20(23)30)6-3-7-15(19)22(31)27-18-10-5-11-24-18/h3-13,24H,1-2H3,(H2,23,30)(H,27,31). The molecule has 0 aliphatic heterocycles. The highest BCUT2D eigenvalue weighted by molar-refractivity contribution is 6.12. The van der Waals surface area contributed by atoms with Gasteiger partial charge < -0.3 is 20.6 Å². The minimum Gasteiger partial charge on any atom is -0.366 e. The van der Waals surface area contributed by atoms with Crippen molar-refractivity contribution in [1.29, 1.82) is 0 Å². The summed E-state index contributed by atoms with van der Waals surface area (Å²) in [4.78, 5) is 32.8. The molecule has 0 saturated heterocycles. The number of nitrogens with two attached hydrogens (primary N) is 1. The molecule has 0 bridgehead atoms. The molecule has 1 aromatic carbocycles. The van der Waals surface area contributed by atoms with E-state index >= 15 is 0 Å². The first-order chi connectivity index (χ1) is 15.0. The van der Waals surface area contributed by atoms with Crippen molar-refractivity contribution < 1.29 is 9.59 Å². The summed E-state index contributed by atoms with van der Waals surface area (Å²) in [5, 5.41) is 10.9. The number of hydrogen-bond donors (Lipinski definition) is 3. The van der Waals surface area contributed by atoms with Crippen molar-refractivity contribution in [3.8, 4) is 22.8 Å². The van der Waals surface area contributed by atoms with E-state index in [1.165, 1.54) is 0 Å². The fourth-order valence-electron chi connectivity index (χ4n) is 3.32. The Morgan fingerprint density at radius 1 is 1.03 bits per heavy atom. The number of pyridine rings is 1. The van der Waals surface area contributed by atoms with Crippen molar-refractivity contribution in [3.63, 3.8) is 0 Å². The predicted molar refractivity (Wildman–Crippen MR) is 116 cm³/mol. The molecule has 0 radical (unpaired) electrons. The molecule has 31 heavy (non-hydrogen) atoms. The van der Waals surface area contributed by atoms with Crippen LogP contribution in [0.1, 0.15) is 40.6 Å². The lowest BCUT2D eigenvalue weighted by Crippen LogP contribution is -2.18. The molecule has 0 fully saturated rings. The van der Waals surface area contributed by atoms with Gasteiger partial charge in [0.15, 0.2) is 5.82 Å². The Balaban J connectivity index is 1.84. The molecule has 0 aliphatic carbocycles. The van der Waals surface area contributed by atoms with Crippen molar-refractivity contribution in [2.75, 3.05) is 5.32 Å². The van der Waals surface area contributed by atoms with Crippen LogP contribution in [0.25, 0.3) is 22.8 Å². The molecule has 3 heterocycles. The van der Waals surface area contributed by atoms with Gasteiger partial charge in [-0.15, -0.1) is 10.2 Å². The van der Waals surface area contributed by atoms with E-state index in [0.29, 0.717) is 28.6 Å². The van der Waals surface area contributed by atoms with Gasteiger partial charge in [0.1, 0.15) is 17.8 Å². The average Bonchev–Trinajstić information content (AvgIpc) is 3.45. The van der Waals surface area contributed by atoms with Gasteiger partial charge in [0.2, 0.25) is 5.91 Å². The van der Waals surface area contributed by atoms with Gasteiger partial charge >= 0.3 is 0 Å². The van der Waals surface area contributed by atoms with Crippen LogP contribution in [0.2, 0.25) is 0 Å². The molecule has 0 aliphatic rings. The van der Waals surface area contributed by atoms with Crippen LogP contribution in [0, 0.1) is 0 Å². The molecule has 4 N–H and O–H groups in total. The van der Waals surface area contributed by atoms with Crippen LogP contribution in [0.5, 0.6) is 0 Å². The van der Waals surface area contributed by atoms with E-state index in [1.54, 1.807) is 61.1 Å². The summed E-state index contributed by atoms with van der Waals surface area (Å²) < 4.78 is 1.89. The number of nitrogens with zero attached hydrogens (tertiary/aromatic N) is 4. The monoisotopic (exact) mass is 415 g/mol. The number of carbonyl (C=O) groups is 2. The normalized spacial score (nSPS) is 10.9. The lowest BCUT2D eigenvalue weighted by atomic mass is 9.96. The number of anilines is 1. The zero-order valence-electron chi connectivity index (χ0n) is 17.0. The summed E-state index contributed by atoms with van der Waals surface area (Å²) in [5.74, 6) is 0.0816. The maximum atomic E-state index is 13.0. The Hall–Kier alpha value is -4.27. The van der Waals surface area contributed by atoms with Gasteiger partial charge in [0.05, 0.1) is 5.69 Å². The first-order valence-corrected chi connectivity index (χ1v) is 9.70. The number of rotatable bonds is 6. The third-order valence-corrected chi connectivity index (χ3v) is 4.78. The zero-order valence-corrected chi connectivity index (χ0v) is 17.0. The molecular formula is C22H21N7O2. The SMILES string of the molecule is CC(C)n1cnnc1-c1cccc(-c2c(C(N)=O)cccc2C(=O)Nc2ccc[nH]2)n1. The van der Waals surface area contributed by atoms with E-state index in [9.17, 15) is 9.59 Å². The lowest BCUT2D eigenvalue weighted by molar-refractivity contribution is 0.100. The van der Waals surface area contributed by atoms with Crippen molar-refractivity contribution in [1.82, 2.24) is 24.7 Å². The number of nitrogens with one attached hydrogen (secondary N) is 2. The smallest absolute Gasteiger partial charge is 0.257 e. The topological polar surface area (TPSA) is 132 Å². The molecule has 0 unspecified atom stereocenters. The number of carbonyl (C=O) groups excluding carboxylic acids is 2. The van der Waals surface area contributed by atoms with Gasteiger partial charge in [-0.25, -0.2) is 4.98 Å². The molecule has 3 aromatic heterocycles. The Labute approximate surface area is 178 Å². The maximum Gasteiger partial charge on any atom is 0.257 e. The summed E-state index contributed by atoms with van der Waals surface area (Å²) in [6.07, 6.45) is 3.34. The Kier molecular flexibility index (Phi) is 5.31. The molecule has 2 amide bonds. The molecule has 9 nitrogen and oxygen atoms in total. The highest BCUT2D eigenvalue weighted by Crippen LogP contribution is 2.29. The number of aromatic nitrogens is 5. The van der Waals surface area contributed by atoms with E-state index in [2.05, 4.69) is 20.5 Å². The van der Waals surface area contributed by atoms with Crippen molar-refractivity contribution in [2.24, 2.45) is 5.73 Å². The summed E-state index contributed by atoms with van der Waals surface area (Å²) in [7, 11) is 0. The van der Waals surface area contributed by atoms with Crippen LogP contribution in [-0.4, -0.2) is 36.5 Å². The number of aromatic amines is 1. The van der Waals surface area contributed by atoms with Crippen LogP contribution in [0.3, 0.4) is 0 Å². The molecule has 4 rings (SSSR count). The van der Waals surface area contributed by atoms with E-state index < -0.39 is 11.8 Å². The Morgan fingerprint density at radius 3 is 2.48 bits per heavy atom. The molecule has 0 atom stereocenters. The van der Waals surface area contributed by atoms with E-state index in [-0.39, 0.29) is 17.2 Å². The van der Waals surface area contributed by atoms with Gasteiger partial charge in [-0.05, 0) is 50.2 Å². The molecule has 0 spiro atoms. The van der Waals surface area contributed by atoms with Gasteiger partial charge in [-0.1, -0.05) is 12.1 Å². The minimum absolute atomic E-state index is 0.135. The van der Waals surface area contributed by atoms with E-state index in [0.717, 1.165) is 0 Å². The second kappa shape index (κ2) is 8.23. The Bertz CT molecular complexity index is 1240. The summed E-state index contributed by atoms with van der Waals surface area (Å²) in [5.41, 5.74) is 7.46. The second-order valence-corrected chi connectivity index (χ2v) is 7.19. The van der Waals surface area contributed by atoms with Crippen molar-refractivity contribution in [3.05, 3.63) is 72.2 Å². The van der Waals surface area contributed by atoms with Gasteiger partial charge in [0.25, 0.3) is 5.91 Å². The second-order valence-electron chi connectivity index (χ2n) is 7.19. The number of benzene rings is 1. The first-order valence-electron chi connectivity index (χ1n) is 9.70. The third-order valence-electron chi connectivity index (χ3n) is 4.78. The minimum atomic E-state index is -0.651. The maximum absolute atomic E-state index is 13.0. The largest absolute Gasteiger partial charge is 0.366 e. The molecule has 0 saturated carbocycles. The number of hydrogen-bond acceptors (Lipinski definition) is 5. The number of amides is 2. The fourth-order valence-corrected chi connectivity index (χ4v) is 3.32. The molecule has 9 heteroatoms. The lowest BCUT2D eigenvalue weighted by Gasteiger charge is -2.14. The molecular weight excluding hydrogens is 394 g/mol. The van der Waals surface area contributed by atoms with Gasteiger partial charge in [0, 0.05) is 28.9 Å². The van der Waals surface area contributed by atoms with Crippen LogP contribution >= 0.6 is 0 Å². The van der Waals surface area contributed by atoms with Gasteiger partial charge in [-0.2, -0.15) is 0 Å². The predicted octanol–water partition coefficient (Wildman–Crippen LogP) is 3.27. The fraction of sp³-hybridized carbons (Fsp3) is 0.136. The van der Waals surface area contributed by atoms with Crippen LogP contribution < -0.4 is 11.1 Å². The summed E-state index contributed by atoms with van der Waals surface area (Å²) >= 11 is 0. The Morgan fingerprint density at radius 2 is 1.77 bits per heavy atom. The highest BCUT2D eigenvalue weighted by atomic mass is 16.2. The zero-order chi connectivity index (χ0) is 22.0. The summed E-state index contributed by atoms with van der Waals surface area (Å²) in [6, 6.07) is 13.8. The van der Waals surface area contributed by atoms with Gasteiger partial charge in [-0.3, -0.25) is 9.59 Å². The molecule has 156 valence electrons. The van der Waals surface area contributed by atoms with Crippen LogP contribution in [0.4, 0.5) is 5.82 Å². The van der Waals surface area contributed by atoms with Crippen LogP contribution in [0.15, 0.2) is 61.1 Å². The molecule has 4 aromatic rings.